The normalized spacial score (nSPS) is 12.6. The topological polar surface area (TPSA) is 95.5 Å². The molecule has 0 aliphatic rings. The predicted molar refractivity (Wildman–Crippen MR) is 92.4 cm³/mol. The molecule has 0 aliphatic heterocycles. The van der Waals surface area contributed by atoms with Crippen molar-refractivity contribution in [3.8, 4) is 0 Å². The van der Waals surface area contributed by atoms with Crippen LogP contribution in [0.2, 0.25) is 0 Å². The van der Waals surface area contributed by atoms with E-state index < -0.39 is 16.1 Å². The molecule has 7 heteroatoms. The van der Waals surface area contributed by atoms with Crippen LogP contribution in [0.25, 0.3) is 0 Å². The molecule has 1 amide bonds. The number of carbonyl (C=O) groups is 1. The van der Waals surface area contributed by atoms with Gasteiger partial charge in [0.15, 0.2) is 0 Å². The highest BCUT2D eigenvalue weighted by atomic mass is 32.2. The van der Waals surface area contributed by atoms with Crippen molar-refractivity contribution < 1.29 is 18.3 Å². The second kappa shape index (κ2) is 7.57. The molecular formula is C17H20N2O4S. The number of benzene rings is 2. The molecule has 0 spiro atoms. The van der Waals surface area contributed by atoms with Gasteiger partial charge in [0.2, 0.25) is 10.0 Å². The Balaban J connectivity index is 2.11. The monoisotopic (exact) mass is 348 g/mol. The number of hydrogen-bond donors (Lipinski definition) is 3. The highest BCUT2D eigenvalue weighted by Crippen LogP contribution is 2.16. The second-order valence-electron chi connectivity index (χ2n) is 5.49. The molecule has 128 valence electrons. The van der Waals surface area contributed by atoms with Gasteiger partial charge < -0.3 is 10.4 Å². The van der Waals surface area contributed by atoms with Crippen molar-refractivity contribution in [3.05, 3.63) is 59.7 Å². The first-order valence-electron chi connectivity index (χ1n) is 7.44. The van der Waals surface area contributed by atoms with E-state index >= 15 is 0 Å². The van der Waals surface area contributed by atoms with E-state index in [-0.39, 0.29) is 17.3 Å². The van der Waals surface area contributed by atoms with E-state index in [0.29, 0.717) is 11.3 Å². The van der Waals surface area contributed by atoms with E-state index in [1.165, 1.54) is 31.2 Å². The van der Waals surface area contributed by atoms with Crippen molar-refractivity contribution in [1.82, 2.24) is 4.72 Å². The fourth-order valence-electron chi connectivity index (χ4n) is 2.01. The van der Waals surface area contributed by atoms with Gasteiger partial charge in [0.05, 0.1) is 11.0 Å². The van der Waals surface area contributed by atoms with E-state index in [4.69, 9.17) is 5.11 Å². The minimum Gasteiger partial charge on any atom is -0.392 e. The third kappa shape index (κ3) is 4.64. The largest absolute Gasteiger partial charge is 0.392 e. The summed E-state index contributed by atoms with van der Waals surface area (Å²) in [5.41, 5.74) is 2.00. The van der Waals surface area contributed by atoms with Crippen molar-refractivity contribution in [1.29, 1.82) is 0 Å². The number of sulfonamides is 1. The lowest BCUT2D eigenvalue weighted by atomic mass is 10.1. The van der Waals surface area contributed by atoms with Crippen LogP contribution in [0.15, 0.2) is 53.4 Å². The molecule has 0 fully saturated rings. The number of aliphatic hydroxyl groups excluding tert-OH is 1. The molecule has 6 nitrogen and oxygen atoms in total. The molecule has 2 rings (SSSR count). The summed E-state index contributed by atoms with van der Waals surface area (Å²) in [5.74, 6) is -0.315. The SMILES string of the molecule is Cc1ccccc1NC(=O)c1ccc(S(=O)(=O)NC[C@@H](C)O)cc1. The van der Waals surface area contributed by atoms with Gasteiger partial charge in [-0.15, -0.1) is 0 Å². The number of anilines is 1. The molecule has 2 aromatic rings. The van der Waals surface area contributed by atoms with Crippen LogP contribution in [-0.4, -0.2) is 32.1 Å². The van der Waals surface area contributed by atoms with E-state index in [9.17, 15) is 13.2 Å². The van der Waals surface area contributed by atoms with Crippen LogP contribution >= 0.6 is 0 Å². The lowest BCUT2D eigenvalue weighted by Gasteiger charge is -2.10. The van der Waals surface area contributed by atoms with Crippen LogP contribution in [0.3, 0.4) is 0 Å². The fraction of sp³-hybridized carbons (Fsp3) is 0.235. The van der Waals surface area contributed by atoms with E-state index in [0.717, 1.165) is 5.56 Å². The van der Waals surface area contributed by atoms with E-state index in [2.05, 4.69) is 10.0 Å². The highest BCUT2D eigenvalue weighted by Gasteiger charge is 2.15. The molecule has 24 heavy (non-hydrogen) atoms. The summed E-state index contributed by atoms with van der Waals surface area (Å²) in [6.07, 6.45) is -0.779. The molecule has 3 N–H and O–H groups in total. The average molecular weight is 348 g/mol. The Morgan fingerprint density at radius 3 is 2.33 bits per heavy atom. The van der Waals surface area contributed by atoms with Gasteiger partial charge >= 0.3 is 0 Å². The molecule has 0 saturated carbocycles. The lowest BCUT2D eigenvalue weighted by Crippen LogP contribution is -2.30. The zero-order chi connectivity index (χ0) is 17.7. The third-order valence-corrected chi connectivity index (χ3v) is 4.83. The molecule has 0 aromatic heterocycles. The summed E-state index contributed by atoms with van der Waals surface area (Å²) in [4.78, 5) is 12.3. The van der Waals surface area contributed by atoms with Gasteiger partial charge in [-0.2, -0.15) is 0 Å². The van der Waals surface area contributed by atoms with Gasteiger partial charge in [-0.25, -0.2) is 13.1 Å². The quantitative estimate of drug-likeness (QED) is 0.743. The molecule has 0 saturated heterocycles. The van der Waals surface area contributed by atoms with Crippen LogP contribution in [0.4, 0.5) is 5.69 Å². The minimum absolute atomic E-state index is 0.0376. The minimum atomic E-state index is -3.71. The Morgan fingerprint density at radius 2 is 1.75 bits per heavy atom. The summed E-state index contributed by atoms with van der Waals surface area (Å²) >= 11 is 0. The number of aliphatic hydroxyl groups is 1. The Kier molecular flexibility index (Phi) is 5.71. The summed E-state index contributed by atoms with van der Waals surface area (Å²) in [6.45, 7) is 3.30. The molecule has 0 heterocycles. The Morgan fingerprint density at radius 1 is 1.12 bits per heavy atom. The summed E-state index contributed by atoms with van der Waals surface area (Å²) in [7, 11) is -3.71. The molecule has 0 aliphatic carbocycles. The van der Waals surface area contributed by atoms with E-state index in [1.807, 2.05) is 25.1 Å². The molecule has 2 aromatic carbocycles. The standard InChI is InChI=1S/C17H20N2O4S/c1-12-5-3-4-6-16(12)19-17(21)14-7-9-15(10-8-14)24(22,23)18-11-13(2)20/h3-10,13,18,20H,11H2,1-2H3,(H,19,21)/t13-/m1/s1. The number of carbonyl (C=O) groups excluding carboxylic acids is 1. The molecule has 0 unspecified atom stereocenters. The van der Waals surface area contributed by atoms with Crippen molar-refractivity contribution in [3.63, 3.8) is 0 Å². The van der Waals surface area contributed by atoms with Crippen LogP contribution in [-0.2, 0) is 10.0 Å². The highest BCUT2D eigenvalue weighted by molar-refractivity contribution is 7.89. The number of rotatable bonds is 6. The molecule has 0 radical (unpaired) electrons. The number of amides is 1. The Hall–Kier alpha value is -2.22. The maximum absolute atomic E-state index is 12.2. The van der Waals surface area contributed by atoms with Gasteiger partial charge in [-0.1, -0.05) is 18.2 Å². The first kappa shape index (κ1) is 18.1. The number of aryl methyl sites for hydroxylation is 1. The van der Waals surface area contributed by atoms with Crippen LogP contribution in [0, 0.1) is 6.92 Å². The van der Waals surface area contributed by atoms with Crippen molar-refractivity contribution in [2.45, 2.75) is 24.8 Å². The van der Waals surface area contributed by atoms with Gasteiger partial charge in [0.1, 0.15) is 0 Å². The summed E-state index contributed by atoms with van der Waals surface area (Å²) < 4.78 is 26.4. The lowest BCUT2D eigenvalue weighted by molar-refractivity contribution is 0.102. The van der Waals surface area contributed by atoms with Crippen LogP contribution in [0.5, 0.6) is 0 Å². The number of para-hydroxylation sites is 1. The van der Waals surface area contributed by atoms with Crippen molar-refractivity contribution >= 4 is 21.6 Å². The van der Waals surface area contributed by atoms with Gasteiger partial charge in [-0.3, -0.25) is 4.79 Å². The van der Waals surface area contributed by atoms with E-state index in [1.54, 1.807) is 6.07 Å². The maximum atomic E-state index is 12.2. The van der Waals surface area contributed by atoms with Crippen molar-refractivity contribution in [2.24, 2.45) is 0 Å². The first-order chi connectivity index (χ1) is 11.3. The third-order valence-electron chi connectivity index (χ3n) is 3.39. The summed E-state index contributed by atoms with van der Waals surface area (Å²) in [5, 5.41) is 11.9. The molecular weight excluding hydrogens is 328 g/mol. The zero-order valence-corrected chi connectivity index (χ0v) is 14.3. The Bertz CT molecular complexity index is 815. The Labute approximate surface area is 141 Å². The average Bonchev–Trinajstić information content (AvgIpc) is 2.55. The number of hydrogen-bond acceptors (Lipinski definition) is 4. The first-order valence-corrected chi connectivity index (χ1v) is 8.92. The smallest absolute Gasteiger partial charge is 0.255 e. The van der Waals surface area contributed by atoms with Crippen molar-refractivity contribution in [2.75, 3.05) is 11.9 Å². The van der Waals surface area contributed by atoms with Crippen LogP contribution < -0.4 is 10.0 Å². The van der Waals surface area contributed by atoms with Crippen LogP contribution in [0.1, 0.15) is 22.8 Å². The fourth-order valence-corrected chi connectivity index (χ4v) is 3.13. The summed E-state index contributed by atoms with van der Waals surface area (Å²) in [6, 6.07) is 13.0. The zero-order valence-electron chi connectivity index (χ0n) is 13.5. The second-order valence-corrected chi connectivity index (χ2v) is 7.26. The predicted octanol–water partition coefficient (Wildman–Crippen LogP) is 1.91. The van der Waals surface area contributed by atoms with Gasteiger partial charge in [0.25, 0.3) is 5.91 Å². The van der Waals surface area contributed by atoms with Gasteiger partial charge in [0, 0.05) is 17.8 Å². The molecule has 0 bridgehead atoms. The number of nitrogens with one attached hydrogen (secondary N) is 2. The molecule has 1 atom stereocenters. The maximum Gasteiger partial charge on any atom is 0.255 e. The van der Waals surface area contributed by atoms with Gasteiger partial charge in [-0.05, 0) is 49.7 Å².